The second-order valence-electron chi connectivity index (χ2n) is 4.08. The van der Waals surface area contributed by atoms with Gasteiger partial charge >= 0.3 is 0 Å². The van der Waals surface area contributed by atoms with Crippen molar-refractivity contribution in [2.24, 2.45) is 0 Å². The molecule has 19 heavy (non-hydrogen) atoms. The van der Waals surface area contributed by atoms with E-state index in [1.54, 1.807) is 18.3 Å². The first-order valence-electron chi connectivity index (χ1n) is 5.58. The Labute approximate surface area is 122 Å². The number of halogens is 1. The van der Waals surface area contributed by atoms with Crippen molar-refractivity contribution in [3.63, 3.8) is 0 Å². The van der Waals surface area contributed by atoms with Gasteiger partial charge in [0.1, 0.15) is 10.5 Å². The fraction of sp³-hybridized carbons (Fsp3) is 0.0769. The zero-order valence-corrected chi connectivity index (χ0v) is 12.5. The molecule has 1 aromatic carbocycles. The molecule has 0 aliphatic carbocycles. The van der Waals surface area contributed by atoms with Gasteiger partial charge in [-0.1, -0.05) is 0 Å². The van der Waals surface area contributed by atoms with E-state index in [0.29, 0.717) is 10.9 Å². The highest BCUT2D eigenvalue weighted by Crippen LogP contribution is 2.31. The van der Waals surface area contributed by atoms with Gasteiger partial charge in [-0.2, -0.15) is 0 Å². The van der Waals surface area contributed by atoms with Crippen molar-refractivity contribution in [1.29, 1.82) is 0 Å². The Hall–Kier alpha value is -1.53. The zero-order chi connectivity index (χ0) is 13.4. The van der Waals surface area contributed by atoms with Crippen LogP contribution in [0.25, 0.3) is 11.1 Å². The average Bonchev–Trinajstić information content (AvgIpc) is 2.74. The fourth-order valence-electron chi connectivity index (χ4n) is 1.68. The Morgan fingerprint density at radius 2 is 2.16 bits per heavy atom. The number of oxazole rings is 1. The Kier molecular flexibility index (Phi) is 3.20. The lowest BCUT2D eigenvalue weighted by Gasteiger charge is -2.01. The van der Waals surface area contributed by atoms with E-state index in [2.05, 4.69) is 25.9 Å². The summed E-state index contributed by atoms with van der Waals surface area (Å²) in [7, 11) is 0. The lowest BCUT2D eigenvalue weighted by atomic mass is 10.3. The number of nitrogens with two attached hydrogens (primary N) is 1. The predicted molar refractivity (Wildman–Crippen MR) is 79.2 cm³/mol. The highest BCUT2D eigenvalue weighted by molar-refractivity contribution is 9.10. The largest absolute Gasteiger partial charge is 0.431 e. The monoisotopic (exact) mass is 335 g/mol. The van der Waals surface area contributed by atoms with Gasteiger partial charge in [-0.3, -0.25) is 0 Å². The van der Waals surface area contributed by atoms with Crippen LogP contribution in [-0.2, 0) is 0 Å². The number of fused-ring (bicyclic) bond motifs is 1. The SMILES string of the molecule is Cc1cc(Br)cnc1Sc1nc2cc(N)ccc2o1. The van der Waals surface area contributed by atoms with Crippen LogP contribution in [0.5, 0.6) is 0 Å². The molecule has 2 N–H and O–H groups in total. The fourth-order valence-corrected chi connectivity index (χ4v) is 2.90. The molecule has 2 heterocycles. The number of hydrogen-bond donors (Lipinski definition) is 1. The summed E-state index contributed by atoms with van der Waals surface area (Å²) in [6.45, 7) is 2.00. The van der Waals surface area contributed by atoms with Crippen molar-refractivity contribution < 1.29 is 4.42 Å². The third-order valence-corrected chi connectivity index (χ3v) is 3.98. The number of nitrogens with zero attached hydrogens (tertiary/aromatic N) is 2. The molecule has 0 aliphatic rings. The molecule has 0 bridgehead atoms. The third kappa shape index (κ3) is 2.59. The molecule has 0 atom stereocenters. The molecule has 6 heteroatoms. The van der Waals surface area contributed by atoms with Crippen LogP contribution < -0.4 is 5.73 Å². The highest BCUT2D eigenvalue weighted by Gasteiger charge is 2.10. The molecule has 4 nitrogen and oxygen atoms in total. The Bertz CT molecular complexity index is 757. The van der Waals surface area contributed by atoms with Crippen LogP contribution in [0.1, 0.15) is 5.56 Å². The molecule has 0 saturated carbocycles. The standard InChI is InChI=1S/C13H10BrN3OS/c1-7-4-8(14)6-16-12(7)19-13-17-10-5-9(15)2-3-11(10)18-13/h2-6H,15H2,1H3. The third-order valence-electron chi connectivity index (χ3n) is 2.57. The summed E-state index contributed by atoms with van der Waals surface area (Å²) < 4.78 is 6.61. The number of aryl methyl sites for hydroxylation is 1. The van der Waals surface area contributed by atoms with E-state index in [-0.39, 0.29) is 0 Å². The van der Waals surface area contributed by atoms with Gasteiger partial charge in [-0.05, 0) is 64.4 Å². The lowest BCUT2D eigenvalue weighted by Crippen LogP contribution is -1.85. The summed E-state index contributed by atoms with van der Waals surface area (Å²) in [4.78, 5) is 8.75. The molecule has 0 spiro atoms. The molecular weight excluding hydrogens is 326 g/mol. The normalized spacial score (nSPS) is 11.1. The number of hydrogen-bond acceptors (Lipinski definition) is 5. The number of aromatic nitrogens is 2. The van der Waals surface area contributed by atoms with E-state index < -0.39 is 0 Å². The van der Waals surface area contributed by atoms with Gasteiger partial charge in [0, 0.05) is 16.4 Å². The molecule has 0 saturated heterocycles. The molecule has 0 unspecified atom stereocenters. The zero-order valence-electron chi connectivity index (χ0n) is 10.1. The van der Waals surface area contributed by atoms with Crippen molar-refractivity contribution in [3.05, 3.63) is 40.5 Å². The van der Waals surface area contributed by atoms with Crippen molar-refractivity contribution in [1.82, 2.24) is 9.97 Å². The Balaban J connectivity index is 1.96. The summed E-state index contributed by atoms with van der Waals surface area (Å²) in [6, 6.07) is 7.43. The summed E-state index contributed by atoms with van der Waals surface area (Å²) in [5.74, 6) is 0. The van der Waals surface area contributed by atoms with E-state index in [1.807, 2.05) is 19.1 Å². The van der Waals surface area contributed by atoms with E-state index in [9.17, 15) is 0 Å². The number of rotatable bonds is 2. The topological polar surface area (TPSA) is 64.9 Å². The maximum absolute atomic E-state index is 5.72. The molecule has 3 rings (SSSR count). The molecule has 0 radical (unpaired) electrons. The van der Waals surface area contributed by atoms with Crippen LogP contribution in [0.15, 0.2) is 49.6 Å². The van der Waals surface area contributed by atoms with Crippen LogP contribution in [0, 0.1) is 6.92 Å². The first kappa shape index (κ1) is 12.5. The van der Waals surface area contributed by atoms with Gasteiger partial charge in [0.05, 0.1) is 0 Å². The second kappa shape index (κ2) is 4.86. The summed E-state index contributed by atoms with van der Waals surface area (Å²) in [5, 5.41) is 1.45. The van der Waals surface area contributed by atoms with Crippen molar-refractivity contribution in [3.8, 4) is 0 Å². The van der Waals surface area contributed by atoms with Crippen molar-refractivity contribution >= 4 is 44.5 Å². The smallest absolute Gasteiger partial charge is 0.263 e. The molecule has 0 aliphatic heterocycles. The van der Waals surface area contributed by atoms with Crippen molar-refractivity contribution in [2.75, 3.05) is 5.73 Å². The average molecular weight is 336 g/mol. The molecular formula is C13H10BrN3OS. The summed E-state index contributed by atoms with van der Waals surface area (Å²) in [6.07, 6.45) is 1.76. The van der Waals surface area contributed by atoms with E-state index >= 15 is 0 Å². The molecule has 0 amide bonds. The van der Waals surface area contributed by atoms with Crippen LogP contribution in [0.2, 0.25) is 0 Å². The van der Waals surface area contributed by atoms with Gasteiger partial charge in [0.25, 0.3) is 5.22 Å². The summed E-state index contributed by atoms with van der Waals surface area (Å²) in [5.41, 5.74) is 8.96. The van der Waals surface area contributed by atoms with E-state index in [0.717, 1.165) is 26.2 Å². The lowest BCUT2D eigenvalue weighted by molar-refractivity contribution is 0.489. The van der Waals surface area contributed by atoms with Gasteiger partial charge in [-0.25, -0.2) is 9.97 Å². The van der Waals surface area contributed by atoms with Crippen LogP contribution in [0.4, 0.5) is 5.69 Å². The van der Waals surface area contributed by atoms with Gasteiger partial charge in [0.15, 0.2) is 5.58 Å². The van der Waals surface area contributed by atoms with Crippen LogP contribution in [-0.4, -0.2) is 9.97 Å². The van der Waals surface area contributed by atoms with Crippen molar-refractivity contribution in [2.45, 2.75) is 17.2 Å². The number of benzene rings is 1. The molecule has 96 valence electrons. The minimum atomic E-state index is 0.568. The predicted octanol–water partition coefficient (Wildman–Crippen LogP) is 4.03. The molecule has 0 fully saturated rings. The quantitative estimate of drug-likeness (QED) is 0.716. The minimum Gasteiger partial charge on any atom is -0.431 e. The van der Waals surface area contributed by atoms with E-state index in [1.165, 1.54) is 11.8 Å². The minimum absolute atomic E-state index is 0.568. The van der Waals surface area contributed by atoms with Gasteiger partial charge in [0.2, 0.25) is 0 Å². The Morgan fingerprint density at radius 3 is 2.95 bits per heavy atom. The van der Waals surface area contributed by atoms with Crippen LogP contribution in [0.3, 0.4) is 0 Å². The maximum atomic E-state index is 5.72. The number of nitrogen functional groups attached to an aromatic ring is 1. The van der Waals surface area contributed by atoms with Gasteiger partial charge in [-0.15, -0.1) is 0 Å². The van der Waals surface area contributed by atoms with E-state index in [4.69, 9.17) is 10.2 Å². The second-order valence-corrected chi connectivity index (χ2v) is 5.94. The first-order valence-corrected chi connectivity index (χ1v) is 7.19. The molecule has 2 aromatic heterocycles. The highest BCUT2D eigenvalue weighted by atomic mass is 79.9. The van der Waals surface area contributed by atoms with Crippen LogP contribution >= 0.6 is 27.7 Å². The number of pyridine rings is 1. The first-order chi connectivity index (χ1) is 9.11. The molecule has 3 aromatic rings. The summed E-state index contributed by atoms with van der Waals surface area (Å²) >= 11 is 4.80. The number of anilines is 1. The van der Waals surface area contributed by atoms with Gasteiger partial charge < -0.3 is 10.2 Å². The maximum Gasteiger partial charge on any atom is 0.263 e. The Morgan fingerprint density at radius 1 is 1.32 bits per heavy atom.